The molecular weight excluding hydrogens is 294 g/mol. The summed E-state index contributed by atoms with van der Waals surface area (Å²) in [4.78, 5) is 0. The lowest BCUT2D eigenvalue weighted by Gasteiger charge is -2.08. The molecule has 0 aliphatic heterocycles. The van der Waals surface area contributed by atoms with E-state index in [0.29, 0.717) is 6.61 Å². The van der Waals surface area contributed by atoms with Crippen LogP contribution in [0.5, 0.6) is 11.5 Å². The molecule has 3 nitrogen and oxygen atoms in total. The van der Waals surface area contributed by atoms with Crippen LogP contribution < -0.4 is 10.1 Å². The minimum Gasteiger partial charge on any atom is -0.508 e. The molecule has 0 saturated heterocycles. The summed E-state index contributed by atoms with van der Waals surface area (Å²) in [5.41, 5.74) is 1.06. The Morgan fingerprint density at radius 2 is 1.67 bits per heavy atom. The van der Waals surface area contributed by atoms with Crippen LogP contribution in [0, 0.1) is 0 Å². The average molecular weight is 308 g/mol. The summed E-state index contributed by atoms with van der Waals surface area (Å²) < 4.78 is 6.59. The Balaban J connectivity index is 1.73. The van der Waals surface area contributed by atoms with Crippen LogP contribution in [0.1, 0.15) is 0 Å². The van der Waals surface area contributed by atoms with E-state index in [0.717, 1.165) is 22.5 Å². The highest BCUT2D eigenvalue weighted by molar-refractivity contribution is 9.10. The minimum absolute atomic E-state index is 0.246. The number of rotatable bonds is 5. The monoisotopic (exact) mass is 307 g/mol. The molecule has 2 N–H and O–H groups in total. The molecule has 0 aliphatic carbocycles. The SMILES string of the molecule is Oc1ccc(OCCNc2ccc(Br)cc2)cc1. The van der Waals surface area contributed by atoms with Gasteiger partial charge in [0.15, 0.2) is 0 Å². The Morgan fingerprint density at radius 3 is 2.33 bits per heavy atom. The third-order valence-electron chi connectivity index (χ3n) is 2.38. The maximum absolute atomic E-state index is 9.13. The maximum atomic E-state index is 9.13. The number of ether oxygens (including phenoxy) is 1. The number of benzene rings is 2. The van der Waals surface area contributed by atoms with Gasteiger partial charge in [-0.25, -0.2) is 0 Å². The number of hydrogen-bond acceptors (Lipinski definition) is 3. The van der Waals surface area contributed by atoms with Gasteiger partial charge >= 0.3 is 0 Å². The first kappa shape index (κ1) is 12.8. The van der Waals surface area contributed by atoms with Gasteiger partial charge in [-0.05, 0) is 48.5 Å². The van der Waals surface area contributed by atoms with E-state index in [4.69, 9.17) is 9.84 Å². The van der Waals surface area contributed by atoms with Crippen molar-refractivity contribution in [1.82, 2.24) is 0 Å². The number of phenolic OH excluding ortho intramolecular Hbond substituents is 1. The van der Waals surface area contributed by atoms with E-state index >= 15 is 0 Å². The summed E-state index contributed by atoms with van der Waals surface area (Å²) in [7, 11) is 0. The van der Waals surface area contributed by atoms with E-state index in [2.05, 4.69) is 21.2 Å². The van der Waals surface area contributed by atoms with Crippen molar-refractivity contribution in [3.8, 4) is 11.5 Å². The Bertz CT molecular complexity index is 435. The zero-order valence-corrected chi connectivity index (χ0v) is 11.4. The van der Waals surface area contributed by atoms with Gasteiger partial charge in [-0.15, -0.1) is 0 Å². The molecule has 0 unspecified atom stereocenters. The van der Waals surface area contributed by atoms with E-state index in [-0.39, 0.29) is 5.75 Å². The molecule has 0 aliphatic rings. The number of halogens is 1. The summed E-state index contributed by atoms with van der Waals surface area (Å²) >= 11 is 3.39. The van der Waals surface area contributed by atoms with E-state index in [1.165, 1.54) is 0 Å². The van der Waals surface area contributed by atoms with Crippen LogP contribution in [0.4, 0.5) is 5.69 Å². The summed E-state index contributed by atoms with van der Waals surface area (Å²) in [6.45, 7) is 1.29. The standard InChI is InChI=1S/C14H14BrNO2/c15-11-1-3-12(4-2-11)16-9-10-18-14-7-5-13(17)6-8-14/h1-8,16-17H,9-10H2. The quantitative estimate of drug-likeness (QED) is 0.829. The summed E-state index contributed by atoms with van der Waals surface area (Å²) in [6.07, 6.45) is 0. The second kappa shape index (κ2) is 6.31. The Hall–Kier alpha value is -1.68. The van der Waals surface area contributed by atoms with E-state index in [1.807, 2.05) is 24.3 Å². The van der Waals surface area contributed by atoms with E-state index in [1.54, 1.807) is 24.3 Å². The number of hydrogen-bond donors (Lipinski definition) is 2. The van der Waals surface area contributed by atoms with Crippen LogP contribution in [0.3, 0.4) is 0 Å². The zero-order chi connectivity index (χ0) is 12.8. The zero-order valence-electron chi connectivity index (χ0n) is 9.77. The molecule has 0 bridgehead atoms. The Labute approximate surface area is 115 Å². The predicted molar refractivity (Wildman–Crippen MR) is 76.2 cm³/mol. The molecule has 0 aromatic heterocycles. The molecule has 0 heterocycles. The molecule has 0 atom stereocenters. The molecule has 2 aromatic rings. The van der Waals surface area contributed by atoms with Crippen molar-refractivity contribution in [3.63, 3.8) is 0 Å². The van der Waals surface area contributed by atoms with Gasteiger partial charge < -0.3 is 15.2 Å². The van der Waals surface area contributed by atoms with Gasteiger partial charge in [-0.2, -0.15) is 0 Å². The third kappa shape index (κ3) is 3.96. The third-order valence-corrected chi connectivity index (χ3v) is 2.91. The van der Waals surface area contributed by atoms with Crippen LogP contribution in [-0.4, -0.2) is 18.3 Å². The van der Waals surface area contributed by atoms with Gasteiger partial charge in [0.1, 0.15) is 18.1 Å². The topological polar surface area (TPSA) is 41.5 Å². The fourth-order valence-electron chi connectivity index (χ4n) is 1.47. The normalized spacial score (nSPS) is 10.1. The van der Waals surface area contributed by atoms with Crippen molar-refractivity contribution in [1.29, 1.82) is 0 Å². The average Bonchev–Trinajstić information content (AvgIpc) is 2.39. The molecule has 0 fully saturated rings. The molecule has 2 aromatic carbocycles. The number of phenols is 1. The molecular formula is C14H14BrNO2. The summed E-state index contributed by atoms with van der Waals surface area (Å²) in [6, 6.07) is 14.7. The van der Waals surface area contributed by atoms with Gasteiger partial charge in [-0.3, -0.25) is 0 Å². The van der Waals surface area contributed by atoms with Crippen LogP contribution in [0.2, 0.25) is 0 Å². The number of nitrogens with one attached hydrogen (secondary N) is 1. The van der Waals surface area contributed by atoms with Crippen LogP contribution in [0.15, 0.2) is 53.0 Å². The lowest BCUT2D eigenvalue weighted by Crippen LogP contribution is -2.11. The number of aromatic hydroxyl groups is 1. The molecule has 4 heteroatoms. The van der Waals surface area contributed by atoms with Crippen LogP contribution in [0.25, 0.3) is 0 Å². The van der Waals surface area contributed by atoms with Crippen molar-refractivity contribution in [2.24, 2.45) is 0 Å². The minimum atomic E-state index is 0.246. The lowest BCUT2D eigenvalue weighted by molar-refractivity contribution is 0.332. The second-order valence-electron chi connectivity index (χ2n) is 3.78. The van der Waals surface area contributed by atoms with Crippen LogP contribution >= 0.6 is 15.9 Å². The smallest absolute Gasteiger partial charge is 0.119 e. The first-order valence-electron chi connectivity index (χ1n) is 5.65. The molecule has 0 radical (unpaired) electrons. The van der Waals surface area contributed by atoms with E-state index < -0.39 is 0 Å². The second-order valence-corrected chi connectivity index (χ2v) is 4.69. The predicted octanol–water partition coefficient (Wildman–Crippen LogP) is 3.65. The first-order valence-corrected chi connectivity index (χ1v) is 6.44. The molecule has 2 rings (SSSR count). The Kier molecular flexibility index (Phi) is 4.47. The molecule has 94 valence electrons. The van der Waals surface area contributed by atoms with Crippen LogP contribution in [-0.2, 0) is 0 Å². The largest absolute Gasteiger partial charge is 0.508 e. The highest BCUT2D eigenvalue weighted by atomic mass is 79.9. The van der Waals surface area contributed by atoms with Gasteiger partial charge in [-0.1, -0.05) is 15.9 Å². The first-order chi connectivity index (χ1) is 8.74. The molecule has 18 heavy (non-hydrogen) atoms. The lowest BCUT2D eigenvalue weighted by atomic mass is 10.3. The van der Waals surface area contributed by atoms with Crippen molar-refractivity contribution >= 4 is 21.6 Å². The van der Waals surface area contributed by atoms with Gasteiger partial charge in [0.05, 0.1) is 0 Å². The summed E-state index contributed by atoms with van der Waals surface area (Å²) in [5, 5.41) is 12.4. The highest BCUT2D eigenvalue weighted by Gasteiger charge is 1.95. The molecule has 0 saturated carbocycles. The fraction of sp³-hybridized carbons (Fsp3) is 0.143. The van der Waals surface area contributed by atoms with Gasteiger partial charge in [0, 0.05) is 16.7 Å². The van der Waals surface area contributed by atoms with Gasteiger partial charge in [0.2, 0.25) is 0 Å². The van der Waals surface area contributed by atoms with Gasteiger partial charge in [0.25, 0.3) is 0 Å². The van der Waals surface area contributed by atoms with Crippen molar-refractivity contribution in [2.45, 2.75) is 0 Å². The fourth-order valence-corrected chi connectivity index (χ4v) is 1.74. The summed E-state index contributed by atoms with van der Waals surface area (Å²) in [5.74, 6) is 1.00. The van der Waals surface area contributed by atoms with Crippen molar-refractivity contribution in [3.05, 3.63) is 53.0 Å². The Morgan fingerprint density at radius 1 is 1.00 bits per heavy atom. The molecule has 0 spiro atoms. The maximum Gasteiger partial charge on any atom is 0.119 e. The molecule has 0 amide bonds. The number of anilines is 1. The van der Waals surface area contributed by atoms with Crippen molar-refractivity contribution < 1.29 is 9.84 Å². The van der Waals surface area contributed by atoms with Crippen molar-refractivity contribution in [2.75, 3.05) is 18.5 Å². The highest BCUT2D eigenvalue weighted by Crippen LogP contribution is 2.16. The van der Waals surface area contributed by atoms with E-state index in [9.17, 15) is 0 Å².